The number of anilines is 1. The van der Waals surface area contributed by atoms with Gasteiger partial charge in [-0.25, -0.2) is 0 Å². The summed E-state index contributed by atoms with van der Waals surface area (Å²) in [5.41, 5.74) is 0.788. The third-order valence-corrected chi connectivity index (χ3v) is 5.53. The molecule has 3 rings (SSSR count). The van der Waals surface area contributed by atoms with E-state index in [1.54, 1.807) is 6.07 Å². The number of hydrogen-bond donors (Lipinski definition) is 1. The Kier molecular flexibility index (Phi) is 7.02. The van der Waals surface area contributed by atoms with Crippen LogP contribution in [0.25, 0.3) is 0 Å². The van der Waals surface area contributed by atoms with Gasteiger partial charge < -0.3 is 14.6 Å². The summed E-state index contributed by atoms with van der Waals surface area (Å²) in [6, 6.07) is 9.46. The molecule has 0 aliphatic carbocycles. The number of hydrogen-bond acceptors (Lipinski definition) is 6. The van der Waals surface area contributed by atoms with E-state index >= 15 is 0 Å². The van der Waals surface area contributed by atoms with E-state index in [9.17, 15) is 4.79 Å². The second-order valence-corrected chi connectivity index (χ2v) is 9.22. The van der Waals surface area contributed by atoms with E-state index < -0.39 is 0 Å². The Morgan fingerprint density at radius 3 is 2.61 bits per heavy atom. The highest BCUT2D eigenvalue weighted by atomic mass is 32.2. The van der Waals surface area contributed by atoms with Gasteiger partial charge in [-0.15, -0.1) is 0 Å². The number of benzene rings is 1. The van der Waals surface area contributed by atoms with Gasteiger partial charge in [0, 0.05) is 42.6 Å². The Balaban J connectivity index is 1.43. The molecule has 0 radical (unpaired) electrons. The first-order valence-corrected chi connectivity index (χ1v) is 10.8. The van der Waals surface area contributed by atoms with Crippen molar-refractivity contribution in [2.75, 3.05) is 43.1 Å². The van der Waals surface area contributed by atoms with E-state index in [2.05, 4.69) is 15.4 Å². The molecule has 6 nitrogen and oxygen atoms in total. The normalized spacial score (nSPS) is 15.4. The molecular weight excluding hydrogens is 374 g/mol. The predicted octanol–water partition coefficient (Wildman–Crippen LogP) is 3.58. The van der Waals surface area contributed by atoms with Crippen LogP contribution in [0.4, 0.5) is 5.82 Å². The third kappa shape index (κ3) is 6.27. The highest BCUT2D eigenvalue weighted by Gasteiger charge is 2.20. The summed E-state index contributed by atoms with van der Waals surface area (Å²) >= 11 is 2.01. The average molecular weight is 404 g/mol. The van der Waals surface area contributed by atoms with E-state index in [0.717, 1.165) is 36.7 Å². The van der Waals surface area contributed by atoms with Crippen LogP contribution in [-0.4, -0.2) is 53.7 Å². The standard InChI is InChI=1S/C21H29N3O3S/c1-21(2,3)18-15-19(23-27-18)22-20(25)14-16-4-6-17(7-5-16)26-11-8-24-9-12-28-13-10-24/h4-7,15H,8-14H2,1-3H3,(H,22,23,25). The summed E-state index contributed by atoms with van der Waals surface area (Å²) in [5, 5.41) is 6.70. The highest BCUT2D eigenvalue weighted by molar-refractivity contribution is 7.99. The predicted molar refractivity (Wildman–Crippen MR) is 113 cm³/mol. The van der Waals surface area contributed by atoms with Crippen molar-refractivity contribution >= 4 is 23.5 Å². The van der Waals surface area contributed by atoms with E-state index in [0.29, 0.717) is 12.4 Å². The molecule has 0 unspecified atom stereocenters. The summed E-state index contributed by atoms with van der Waals surface area (Å²) in [6.45, 7) is 10.0. The van der Waals surface area contributed by atoms with Crippen LogP contribution in [-0.2, 0) is 16.6 Å². The van der Waals surface area contributed by atoms with E-state index in [1.807, 2.05) is 56.8 Å². The lowest BCUT2D eigenvalue weighted by molar-refractivity contribution is -0.115. The van der Waals surface area contributed by atoms with Gasteiger partial charge >= 0.3 is 0 Å². The van der Waals surface area contributed by atoms with Crippen molar-refractivity contribution in [3.05, 3.63) is 41.7 Å². The maximum Gasteiger partial charge on any atom is 0.230 e. The summed E-state index contributed by atoms with van der Waals surface area (Å²) in [6.07, 6.45) is 0.281. The number of nitrogens with one attached hydrogen (secondary N) is 1. The molecule has 2 aromatic rings. The molecule has 0 saturated carbocycles. The first-order chi connectivity index (χ1) is 13.4. The monoisotopic (exact) mass is 403 g/mol. The van der Waals surface area contributed by atoms with E-state index in [4.69, 9.17) is 9.26 Å². The lowest BCUT2D eigenvalue weighted by atomic mass is 9.93. The molecule has 1 fully saturated rings. The maximum absolute atomic E-state index is 12.2. The van der Waals surface area contributed by atoms with E-state index in [-0.39, 0.29) is 17.7 Å². The molecule has 2 heterocycles. The lowest BCUT2D eigenvalue weighted by Gasteiger charge is -2.25. The molecule has 7 heteroatoms. The third-order valence-electron chi connectivity index (χ3n) is 4.58. The van der Waals surface area contributed by atoms with Crippen molar-refractivity contribution < 1.29 is 14.1 Å². The Labute approximate surface area is 171 Å². The molecule has 1 aliphatic heterocycles. The van der Waals surface area contributed by atoms with Gasteiger partial charge in [-0.3, -0.25) is 9.69 Å². The van der Waals surface area contributed by atoms with Gasteiger partial charge in [0.25, 0.3) is 0 Å². The Morgan fingerprint density at radius 2 is 1.96 bits per heavy atom. The Bertz CT molecular complexity index is 762. The summed E-state index contributed by atoms with van der Waals surface area (Å²) in [7, 11) is 0. The Hall–Kier alpha value is -1.99. The van der Waals surface area contributed by atoms with Crippen molar-refractivity contribution in [1.29, 1.82) is 0 Å². The molecule has 28 heavy (non-hydrogen) atoms. The van der Waals surface area contributed by atoms with Gasteiger partial charge in [-0.1, -0.05) is 38.1 Å². The lowest BCUT2D eigenvalue weighted by Crippen LogP contribution is -2.35. The molecule has 1 saturated heterocycles. The van der Waals surface area contributed by atoms with Crippen LogP contribution in [0.3, 0.4) is 0 Å². The number of aromatic nitrogens is 1. The highest BCUT2D eigenvalue weighted by Crippen LogP contribution is 2.24. The zero-order valence-corrected chi connectivity index (χ0v) is 17.7. The fourth-order valence-electron chi connectivity index (χ4n) is 2.88. The number of thioether (sulfide) groups is 1. The minimum absolute atomic E-state index is 0.120. The summed E-state index contributed by atoms with van der Waals surface area (Å²) in [4.78, 5) is 14.7. The molecule has 1 aliphatic rings. The van der Waals surface area contributed by atoms with Crippen LogP contribution in [0, 0.1) is 0 Å². The van der Waals surface area contributed by atoms with Crippen LogP contribution in [0.2, 0.25) is 0 Å². The van der Waals surface area contributed by atoms with Gasteiger partial charge in [-0.05, 0) is 17.7 Å². The average Bonchev–Trinajstić information content (AvgIpc) is 3.13. The molecule has 1 amide bonds. The molecular formula is C21H29N3O3S. The van der Waals surface area contributed by atoms with Crippen molar-refractivity contribution in [3.63, 3.8) is 0 Å². The van der Waals surface area contributed by atoms with E-state index in [1.165, 1.54) is 11.5 Å². The smallest absolute Gasteiger partial charge is 0.230 e. The van der Waals surface area contributed by atoms with Crippen LogP contribution < -0.4 is 10.1 Å². The van der Waals surface area contributed by atoms with Gasteiger partial charge in [0.2, 0.25) is 5.91 Å². The molecule has 0 bridgehead atoms. The van der Waals surface area contributed by atoms with Gasteiger partial charge in [0.1, 0.15) is 18.1 Å². The number of ether oxygens (including phenoxy) is 1. The second-order valence-electron chi connectivity index (χ2n) is 8.00. The zero-order valence-electron chi connectivity index (χ0n) is 16.9. The molecule has 1 aromatic heterocycles. The molecule has 1 aromatic carbocycles. The van der Waals surface area contributed by atoms with Crippen molar-refractivity contribution in [3.8, 4) is 5.75 Å². The summed E-state index contributed by atoms with van der Waals surface area (Å²) in [5.74, 6) is 4.33. The minimum Gasteiger partial charge on any atom is -0.492 e. The number of amides is 1. The second kappa shape index (κ2) is 9.47. The summed E-state index contributed by atoms with van der Waals surface area (Å²) < 4.78 is 11.1. The van der Waals surface area contributed by atoms with Crippen LogP contribution >= 0.6 is 11.8 Å². The SMILES string of the molecule is CC(C)(C)c1cc(NC(=O)Cc2ccc(OCCN3CCSCC3)cc2)no1. The Morgan fingerprint density at radius 1 is 1.25 bits per heavy atom. The molecule has 152 valence electrons. The van der Waals surface area contributed by atoms with Crippen molar-refractivity contribution in [1.82, 2.24) is 10.1 Å². The number of carbonyl (C=O) groups is 1. The fourth-order valence-corrected chi connectivity index (χ4v) is 3.86. The quantitative estimate of drug-likeness (QED) is 0.762. The number of rotatable bonds is 7. The van der Waals surface area contributed by atoms with Crippen LogP contribution in [0.1, 0.15) is 32.1 Å². The van der Waals surface area contributed by atoms with Gasteiger partial charge in [-0.2, -0.15) is 11.8 Å². The maximum atomic E-state index is 12.2. The topological polar surface area (TPSA) is 67.6 Å². The fraction of sp³-hybridized carbons (Fsp3) is 0.524. The minimum atomic E-state index is -0.140. The first kappa shape index (κ1) is 20.7. The van der Waals surface area contributed by atoms with Gasteiger partial charge in [0.05, 0.1) is 6.42 Å². The van der Waals surface area contributed by atoms with Crippen LogP contribution in [0.15, 0.2) is 34.9 Å². The molecule has 0 atom stereocenters. The molecule has 0 spiro atoms. The van der Waals surface area contributed by atoms with Crippen molar-refractivity contribution in [2.24, 2.45) is 0 Å². The number of carbonyl (C=O) groups excluding carboxylic acids is 1. The van der Waals surface area contributed by atoms with Crippen LogP contribution in [0.5, 0.6) is 5.75 Å². The largest absolute Gasteiger partial charge is 0.492 e. The van der Waals surface area contributed by atoms with Crippen molar-refractivity contribution in [2.45, 2.75) is 32.6 Å². The molecule has 1 N–H and O–H groups in total. The number of nitrogens with zero attached hydrogens (tertiary/aromatic N) is 2. The first-order valence-electron chi connectivity index (χ1n) is 9.69. The van der Waals surface area contributed by atoms with Gasteiger partial charge in [0.15, 0.2) is 5.82 Å². The zero-order chi connectivity index (χ0) is 20.0.